The fraction of sp³-hybridized carbons (Fsp3) is 0.353. The van der Waals surface area contributed by atoms with Gasteiger partial charge in [-0.3, -0.25) is 4.68 Å². The zero-order chi connectivity index (χ0) is 16.7. The number of anilines is 1. The molecule has 0 bridgehead atoms. The molecular formula is C17H18FN5O. The lowest BCUT2D eigenvalue weighted by Gasteiger charge is -2.18. The molecule has 1 aromatic carbocycles. The number of halogens is 1. The Morgan fingerprint density at radius 3 is 2.92 bits per heavy atom. The first kappa shape index (κ1) is 15.0. The molecule has 0 unspecified atom stereocenters. The van der Waals surface area contributed by atoms with Crippen molar-refractivity contribution in [1.82, 2.24) is 19.7 Å². The van der Waals surface area contributed by atoms with Gasteiger partial charge in [-0.1, -0.05) is 0 Å². The second-order valence-corrected chi connectivity index (χ2v) is 6.26. The number of aryl methyl sites for hydroxylation is 1. The molecular weight excluding hydrogens is 309 g/mol. The molecule has 0 aliphatic carbocycles. The van der Waals surface area contributed by atoms with Crippen LogP contribution in [0.1, 0.15) is 11.5 Å². The molecule has 1 fully saturated rings. The Hall–Kier alpha value is -2.54. The Kier molecular flexibility index (Phi) is 3.65. The summed E-state index contributed by atoms with van der Waals surface area (Å²) < 4.78 is 15.4. The van der Waals surface area contributed by atoms with E-state index in [9.17, 15) is 9.50 Å². The van der Waals surface area contributed by atoms with Gasteiger partial charge in [-0.15, -0.1) is 0 Å². The molecule has 0 spiro atoms. The van der Waals surface area contributed by atoms with E-state index in [2.05, 4.69) is 20.0 Å². The number of rotatable bonds is 3. The zero-order valence-corrected chi connectivity index (χ0v) is 13.3. The number of benzene rings is 1. The number of hydrogen-bond acceptors (Lipinski definition) is 5. The molecule has 6 nitrogen and oxygen atoms in total. The van der Waals surface area contributed by atoms with Crippen LogP contribution in [0.15, 0.2) is 36.9 Å². The van der Waals surface area contributed by atoms with Gasteiger partial charge in [-0.2, -0.15) is 5.10 Å². The highest BCUT2D eigenvalue weighted by atomic mass is 19.1. The molecule has 1 aliphatic rings. The minimum absolute atomic E-state index is 0.0905. The molecule has 24 heavy (non-hydrogen) atoms. The van der Waals surface area contributed by atoms with Gasteiger partial charge in [0.1, 0.15) is 18.0 Å². The fourth-order valence-electron chi connectivity index (χ4n) is 3.51. The molecule has 124 valence electrons. The van der Waals surface area contributed by atoms with Crippen LogP contribution < -0.4 is 4.90 Å². The summed E-state index contributed by atoms with van der Waals surface area (Å²) in [4.78, 5) is 10.7. The molecule has 1 saturated heterocycles. The van der Waals surface area contributed by atoms with Gasteiger partial charge < -0.3 is 10.0 Å². The van der Waals surface area contributed by atoms with Gasteiger partial charge in [0.15, 0.2) is 0 Å². The number of aromatic nitrogens is 4. The van der Waals surface area contributed by atoms with Crippen molar-refractivity contribution < 1.29 is 9.50 Å². The summed E-state index contributed by atoms with van der Waals surface area (Å²) in [5.74, 6) is 0.666. The Morgan fingerprint density at radius 2 is 2.17 bits per heavy atom. The molecule has 0 saturated carbocycles. The number of fused-ring (bicyclic) bond motifs is 1. The fourth-order valence-corrected chi connectivity index (χ4v) is 3.51. The first-order valence-electron chi connectivity index (χ1n) is 7.90. The first-order valence-corrected chi connectivity index (χ1v) is 7.90. The minimum Gasteiger partial charge on any atom is -0.396 e. The van der Waals surface area contributed by atoms with Crippen molar-refractivity contribution in [2.75, 3.05) is 24.6 Å². The lowest BCUT2D eigenvalue weighted by Crippen LogP contribution is -2.22. The van der Waals surface area contributed by atoms with Crippen LogP contribution in [0.2, 0.25) is 0 Å². The molecule has 4 rings (SSSR count). The number of aliphatic hydroxyl groups excluding tert-OH is 1. The number of nitrogens with zero attached hydrogens (tertiary/aromatic N) is 5. The summed E-state index contributed by atoms with van der Waals surface area (Å²) >= 11 is 0. The van der Waals surface area contributed by atoms with Gasteiger partial charge in [0.25, 0.3) is 0 Å². The van der Waals surface area contributed by atoms with E-state index in [0.717, 1.165) is 5.56 Å². The van der Waals surface area contributed by atoms with Crippen LogP contribution in [0.3, 0.4) is 0 Å². The SMILES string of the molecule is Cn1cc([C@@H]2CN(c3ncnc4ccc(F)cc34)C[C@H]2CO)cn1. The van der Waals surface area contributed by atoms with Gasteiger partial charge >= 0.3 is 0 Å². The van der Waals surface area contributed by atoms with E-state index >= 15 is 0 Å². The Morgan fingerprint density at radius 1 is 1.29 bits per heavy atom. The highest BCUT2D eigenvalue weighted by Gasteiger charge is 2.35. The van der Waals surface area contributed by atoms with Crippen LogP contribution in [-0.4, -0.2) is 44.6 Å². The van der Waals surface area contributed by atoms with Crippen LogP contribution in [0, 0.1) is 11.7 Å². The van der Waals surface area contributed by atoms with Crippen LogP contribution in [0.25, 0.3) is 10.9 Å². The molecule has 0 radical (unpaired) electrons. The van der Waals surface area contributed by atoms with Crippen LogP contribution >= 0.6 is 0 Å². The molecule has 1 N–H and O–H groups in total. The average molecular weight is 327 g/mol. The summed E-state index contributed by atoms with van der Waals surface area (Å²) in [6.45, 7) is 1.46. The van der Waals surface area contributed by atoms with Crippen LogP contribution in [-0.2, 0) is 7.05 Å². The van der Waals surface area contributed by atoms with Crippen molar-refractivity contribution in [1.29, 1.82) is 0 Å². The molecule has 7 heteroatoms. The van der Waals surface area contributed by atoms with Gasteiger partial charge in [-0.25, -0.2) is 14.4 Å². The minimum atomic E-state index is -0.305. The monoisotopic (exact) mass is 327 g/mol. The van der Waals surface area contributed by atoms with Gasteiger partial charge in [0.05, 0.1) is 11.7 Å². The molecule has 0 amide bonds. The topological polar surface area (TPSA) is 67.1 Å². The second kappa shape index (κ2) is 5.83. The van der Waals surface area contributed by atoms with Crippen molar-refractivity contribution in [3.63, 3.8) is 0 Å². The van der Waals surface area contributed by atoms with Crippen LogP contribution in [0.5, 0.6) is 0 Å². The normalized spacial score (nSPS) is 20.9. The lowest BCUT2D eigenvalue weighted by atomic mass is 9.92. The largest absolute Gasteiger partial charge is 0.396 e. The average Bonchev–Trinajstić information content (AvgIpc) is 3.20. The lowest BCUT2D eigenvalue weighted by molar-refractivity contribution is 0.227. The third-order valence-electron chi connectivity index (χ3n) is 4.70. The quantitative estimate of drug-likeness (QED) is 0.793. The van der Waals surface area contributed by atoms with Gasteiger partial charge in [-0.05, 0) is 23.8 Å². The van der Waals surface area contributed by atoms with E-state index < -0.39 is 0 Å². The third-order valence-corrected chi connectivity index (χ3v) is 4.70. The highest BCUT2D eigenvalue weighted by Crippen LogP contribution is 2.36. The Bertz CT molecular complexity index is 880. The van der Waals surface area contributed by atoms with E-state index in [4.69, 9.17) is 0 Å². The summed E-state index contributed by atoms with van der Waals surface area (Å²) in [5, 5.41) is 14.7. The number of aliphatic hydroxyl groups is 1. The van der Waals surface area contributed by atoms with E-state index in [1.54, 1.807) is 10.7 Å². The van der Waals surface area contributed by atoms with Crippen molar-refractivity contribution in [3.05, 3.63) is 48.3 Å². The smallest absolute Gasteiger partial charge is 0.140 e. The van der Waals surface area contributed by atoms with E-state index in [1.807, 2.05) is 19.4 Å². The van der Waals surface area contributed by atoms with Crippen molar-refractivity contribution in [2.24, 2.45) is 13.0 Å². The first-order chi connectivity index (χ1) is 11.7. The maximum atomic E-state index is 13.7. The van der Waals surface area contributed by atoms with E-state index in [0.29, 0.717) is 29.8 Å². The third kappa shape index (κ3) is 2.50. The van der Waals surface area contributed by atoms with Crippen molar-refractivity contribution >= 4 is 16.7 Å². The Balaban J connectivity index is 1.72. The molecule has 1 aliphatic heterocycles. The van der Waals surface area contributed by atoms with Gasteiger partial charge in [0, 0.05) is 50.2 Å². The summed E-state index contributed by atoms with van der Waals surface area (Å²) in [6, 6.07) is 4.53. The van der Waals surface area contributed by atoms with E-state index in [1.165, 1.54) is 18.5 Å². The summed E-state index contributed by atoms with van der Waals surface area (Å²) in [6.07, 6.45) is 5.32. The van der Waals surface area contributed by atoms with E-state index in [-0.39, 0.29) is 24.3 Å². The summed E-state index contributed by atoms with van der Waals surface area (Å²) in [7, 11) is 1.88. The predicted octanol–water partition coefficient (Wildman–Crippen LogP) is 1.71. The van der Waals surface area contributed by atoms with Crippen molar-refractivity contribution in [2.45, 2.75) is 5.92 Å². The van der Waals surface area contributed by atoms with Crippen LogP contribution in [0.4, 0.5) is 10.2 Å². The number of hydrogen-bond donors (Lipinski definition) is 1. The molecule has 3 heterocycles. The predicted molar refractivity (Wildman–Crippen MR) is 88.2 cm³/mol. The summed E-state index contributed by atoms with van der Waals surface area (Å²) in [5.41, 5.74) is 1.82. The molecule has 2 aromatic heterocycles. The van der Waals surface area contributed by atoms with Gasteiger partial charge in [0.2, 0.25) is 0 Å². The van der Waals surface area contributed by atoms with Crippen molar-refractivity contribution in [3.8, 4) is 0 Å². The Labute approximate surface area is 138 Å². The maximum absolute atomic E-state index is 13.7. The highest BCUT2D eigenvalue weighted by molar-refractivity contribution is 5.89. The standard InChI is InChI=1S/C17H18FN5O/c1-22-6-11(5-21-22)15-8-23(7-12(15)9-24)17-14-4-13(18)2-3-16(14)19-10-20-17/h2-6,10,12,15,24H,7-9H2,1H3/t12-,15-/m0/s1. The molecule has 2 atom stereocenters. The zero-order valence-electron chi connectivity index (χ0n) is 13.3. The second-order valence-electron chi connectivity index (χ2n) is 6.26. The maximum Gasteiger partial charge on any atom is 0.140 e. The molecule has 3 aromatic rings.